The topological polar surface area (TPSA) is 9.23 Å². The molecule has 0 fully saturated rings. The van der Waals surface area contributed by atoms with Crippen molar-refractivity contribution in [3.8, 4) is 16.9 Å². The van der Waals surface area contributed by atoms with Crippen molar-refractivity contribution in [1.82, 2.24) is 0 Å². The maximum absolute atomic E-state index is 14.4. The molecule has 1 nitrogen and oxygen atoms in total. The lowest BCUT2D eigenvalue weighted by Gasteiger charge is -2.11. The Bertz CT molecular complexity index is 949. The van der Waals surface area contributed by atoms with Crippen molar-refractivity contribution in [2.24, 2.45) is 0 Å². The largest absolute Gasteiger partial charge is 0.486 e. The molecule has 3 aromatic rings. The van der Waals surface area contributed by atoms with Gasteiger partial charge in [0.1, 0.15) is 12.4 Å². The Balaban J connectivity index is 1.71. The Morgan fingerprint density at radius 3 is 2.14 bits per heavy atom. The summed E-state index contributed by atoms with van der Waals surface area (Å²) < 4.78 is 47.7. The van der Waals surface area contributed by atoms with E-state index in [-0.39, 0.29) is 18.2 Å². The maximum atomic E-state index is 14.4. The van der Waals surface area contributed by atoms with Crippen molar-refractivity contribution >= 4 is 0 Å². The monoisotopic (exact) mass is 384 g/mol. The third-order valence-electron chi connectivity index (χ3n) is 4.74. The molecule has 0 aliphatic heterocycles. The molecule has 0 spiro atoms. The van der Waals surface area contributed by atoms with Gasteiger partial charge in [0, 0.05) is 5.56 Å². The quantitative estimate of drug-likeness (QED) is 0.432. The number of hydrogen-bond donors (Lipinski definition) is 0. The highest BCUT2D eigenvalue weighted by molar-refractivity contribution is 5.64. The second kappa shape index (κ2) is 8.96. The Hall–Kier alpha value is -2.75. The van der Waals surface area contributed by atoms with E-state index in [0.717, 1.165) is 29.5 Å². The van der Waals surface area contributed by atoms with Gasteiger partial charge in [-0.15, -0.1) is 0 Å². The van der Waals surface area contributed by atoms with Crippen molar-refractivity contribution in [2.45, 2.75) is 39.7 Å². The van der Waals surface area contributed by atoms with E-state index >= 15 is 0 Å². The molecule has 0 heterocycles. The molecule has 0 saturated carbocycles. The first-order valence-electron chi connectivity index (χ1n) is 9.50. The maximum Gasteiger partial charge on any atom is 0.200 e. The number of benzene rings is 3. The zero-order chi connectivity index (χ0) is 20.1. The molecule has 28 heavy (non-hydrogen) atoms. The average molecular weight is 384 g/mol. The summed E-state index contributed by atoms with van der Waals surface area (Å²) in [6, 6.07) is 15.5. The number of aryl methyl sites for hydroxylation is 2. The predicted octanol–water partition coefficient (Wildman–Crippen LogP) is 6.86. The standard InChI is InChI=1S/C24H23F3O/c1-3-5-16-8-12-20(21(25)14-16)19-9-6-17(7-10-19)15-28-22-13-11-18(4-2)23(26)24(22)27/h6-14H,3-5,15H2,1-2H3. The van der Waals surface area contributed by atoms with Crippen LogP contribution in [0.3, 0.4) is 0 Å². The molecular weight excluding hydrogens is 361 g/mol. The van der Waals surface area contributed by atoms with Gasteiger partial charge in [0.05, 0.1) is 0 Å². The van der Waals surface area contributed by atoms with E-state index in [4.69, 9.17) is 4.74 Å². The van der Waals surface area contributed by atoms with Crippen LogP contribution in [0, 0.1) is 17.5 Å². The molecule has 0 aliphatic carbocycles. The van der Waals surface area contributed by atoms with Gasteiger partial charge in [-0.3, -0.25) is 0 Å². The molecule has 3 rings (SSSR count). The molecule has 0 atom stereocenters. The molecule has 0 radical (unpaired) electrons. The van der Waals surface area contributed by atoms with Crippen LogP contribution in [0.25, 0.3) is 11.1 Å². The summed E-state index contributed by atoms with van der Waals surface area (Å²) in [7, 11) is 0. The summed E-state index contributed by atoms with van der Waals surface area (Å²) in [5.74, 6) is -2.19. The van der Waals surface area contributed by atoms with Gasteiger partial charge in [0.15, 0.2) is 11.6 Å². The molecule has 0 aliphatic rings. The van der Waals surface area contributed by atoms with Gasteiger partial charge in [-0.2, -0.15) is 4.39 Å². The summed E-state index contributed by atoms with van der Waals surface area (Å²) in [6.45, 7) is 3.92. The van der Waals surface area contributed by atoms with E-state index in [1.54, 1.807) is 43.3 Å². The zero-order valence-corrected chi connectivity index (χ0v) is 16.1. The summed E-state index contributed by atoms with van der Waals surface area (Å²) in [5, 5.41) is 0. The fourth-order valence-electron chi connectivity index (χ4n) is 3.13. The lowest BCUT2D eigenvalue weighted by Crippen LogP contribution is -2.01. The molecule has 146 valence electrons. The van der Waals surface area contributed by atoms with E-state index in [1.165, 1.54) is 12.1 Å². The van der Waals surface area contributed by atoms with Crippen molar-refractivity contribution in [3.63, 3.8) is 0 Å². The Morgan fingerprint density at radius 2 is 1.50 bits per heavy atom. The van der Waals surface area contributed by atoms with Crippen molar-refractivity contribution in [1.29, 1.82) is 0 Å². The fraction of sp³-hybridized carbons (Fsp3) is 0.250. The van der Waals surface area contributed by atoms with Gasteiger partial charge < -0.3 is 4.74 Å². The Labute approximate surface area is 163 Å². The van der Waals surface area contributed by atoms with Gasteiger partial charge in [-0.1, -0.05) is 62.7 Å². The molecule has 0 saturated heterocycles. The number of rotatable bonds is 7. The van der Waals surface area contributed by atoms with Crippen LogP contribution < -0.4 is 4.74 Å². The molecule has 0 amide bonds. The van der Waals surface area contributed by atoms with Crippen LogP contribution in [0.4, 0.5) is 13.2 Å². The van der Waals surface area contributed by atoms with E-state index in [1.807, 2.05) is 6.07 Å². The second-order valence-corrected chi connectivity index (χ2v) is 6.75. The highest BCUT2D eigenvalue weighted by atomic mass is 19.2. The van der Waals surface area contributed by atoms with Crippen molar-refractivity contribution in [3.05, 3.63) is 88.7 Å². The third kappa shape index (κ3) is 4.38. The van der Waals surface area contributed by atoms with Crippen LogP contribution >= 0.6 is 0 Å². The van der Waals surface area contributed by atoms with Crippen LogP contribution in [0.2, 0.25) is 0 Å². The van der Waals surface area contributed by atoms with Gasteiger partial charge in [-0.25, -0.2) is 8.78 Å². The summed E-state index contributed by atoms with van der Waals surface area (Å²) in [5.41, 5.74) is 3.38. The first kappa shape index (κ1) is 20.0. The van der Waals surface area contributed by atoms with Crippen LogP contribution in [0.1, 0.15) is 37.0 Å². The average Bonchev–Trinajstić information content (AvgIpc) is 2.70. The minimum Gasteiger partial charge on any atom is -0.486 e. The second-order valence-electron chi connectivity index (χ2n) is 6.75. The zero-order valence-electron chi connectivity index (χ0n) is 16.1. The molecule has 0 bridgehead atoms. The van der Waals surface area contributed by atoms with E-state index in [2.05, 4.69) is 6.92 Å². The third-order valence-corrected chi connectivity index (χ3v) is 4.74. The normalized spacial score (nSPS) is 10.9. The number of ether oxygens (including phenoxy) is 1. The van der Waals surface area contributed by atoms with Crippen molar-refractivity contribution < 1.29 is 17.9 Å². The number of halogens is 3. The Kier molecular flexibility index (Phi) is 6.40. The van der Waals surface area contributed by atoms with E-state index < -0.39 is 11.6 Å². The van der Waals surface area contributed by atoms with Crippen LogP contribution in [-0.4, -0.2) is 0 Å². The van der Waals surface area contributed by atoms with E-state index in [0.29, 0.717) is 17.5 Å². The fourth-order valence-corrected chi connectivity index (χ4v) is 3.13. The molecule has 0 aromatic heterocycles. The minimum atomic E-state index is -0.967. The van der Waals surface area contributed by atoms with Crippen LogP contribution in [0.5, 0.6) is 5.75 Å². The highest BCUT2D eigenvalue weighted by Gasteiger charge is 2.13. The first-order chi connectivity index (χ1) is 13.5. The lowest BCUT2D eigenvalue weighted by molar-refractivity contribution is 0.284. The smallest absolute Gasteiger partial charge is 0.200 e. The predicted molar refractivity (Wildman–Crippen MR) is 106 cm³/mol. The molecule has 4 heteroatoms. The van der Waals surface area contributed by atoms with Gasteiger partial charge >= 0.3 is 0 Å². The first-order valence-corrected chi connectivity index (χ1v) is 9.50. The van der Waals surface area contributed by atoms with Gasteiger partial charge in [0.25, 0.3) is 0 Å². The van der Waals surface area contributed by atoms with Gasteiger partial charge in [-0.05, 0) is 47.2 Å². The van der Waals surface area contributed by atoms with Crippen LogP contribution in [0.15, 0.2) is 54.6 Å². The number of hydrogen-bond acceptors (Lipinski definition) is 1. The molecular formula is C24H23F3O. The van der Waals surface area contributed by atoms with Gasteiger partial charge in [0.2, 0.25) is 5.82 Å². The highest BCUT2D eigenvalue weighted by Crippen LogP contribution is 2.26. The lowest BCUT2D eigenvalue weighted by atomic mass is 10.0. The Morgan fingerprint density at radius 1 is 0.786 bits per heavy atom. The van der Waals surface area contributed by atoms with Crippen LogP contribution in [-0.2, 0) is 19.4 Å². The SMILES string of the molecule is CCCc1ccc(-c2ccc(COc3ccc(CC)c(F)c3F)cc2)c(F)c1. The summed E-state index contributed by atoms with van der Waals surface area (Å²) in [6.07, 6.45) is 2.24. The molecule has 0 unspecified atom stereocenters. The van der Waals surface area contributed by atoms with E-state index in [9.17, 15) is 13.2 Å². The molecule has 3 aromatic carbocycles. The minimum absolute atomic E-state index is 0.0973. The van der Waals surface area contributed by atoms with Crippen molar-refractivity contribution in [2.75, 3.05) is 0 Å². The summed E-state index contributed by atoms with van der Waals surface area (Å²) in [4.78, 5) is 0. The molecule has 0 N–H and O–H groups in total. The summed E-state index contributed by atoms with van der Waals surface area (Å²) >= 11 is 0.